The van der Waals surface area contributed by atoms with Gasteiger partial charge in [-0.15, -0.1) is 0 Å². The van der Waals surface area contributed by atoms with Gasteiger partial charge in [0.25, 0.3) is 5.91 Å². The second-order valence-corrected chi connectivity index (χ2v) is 5.79. The topological polar surface area (TPSA) is 84.5 Å². The van der Waals surface area contributed by atoms with Gasteiger partial charge in [-0.25, -0.2) is 0 Å². The van der Waals surface area contributed by atoms with Crippen LogP contribution in [0, 0.1) is 0 Å². The van der Waals surface area contributed by atoms with Gasteiger partial charge in [0, 0.05) is 16.6 Å². The average Bonchev–Trinajstić information content (AvgIpc) is 2.61. The molecule has 1 heterocycles. The molecule has 7 heteroatoms. The number of benzene rings is 1. The van der Waals surface area contributed by atoms with Crippen LogP contribution in [0.3, 0.4) is 0 Å². The Kier molecular flexibility index (Phi) is 4.03. The Bertz CT molecular complexity index is 516. The molecule has 1 atom stereocenters. The number of thioether (sulfide) groups is 1. The number of hydrogen-bond donors (Lipinski definition) is 2. The summed E-state index contributed by atoms with van der Waals surface area (Å²) in [4.78, 5) is 26.6. The van der Waals surface area contributed by atoms with Crippen molar-refractivity contribution in [1.82, 2.24) is 0 Å². The van der Waals surface area contributed by atoms with Crippen molar-refractivity contribution in [3.63, 3.8) is 0 Å². The maximum Gasteiger partial charge on any atom is 0.262 e. The van der Waals surface area contributed by atoms with Gasteiger partial charge in [0.1, 0.15) is 5.25 Å². The molecule has 0 radical (unpaired) electrons. The number of nitrogens with zero attached hydrogens (tertiary/aromatic N) is 1. The van der Waals surface area contributed by atoms with E-state index in [1.54, 1.807) is 12.1 Å². The van der Waals surface area contributed by atoms with E-state index in [1.165, 1.54) is 0 Å². The average molecular weight is 328 g/mol. The third-order valence-electron chi connectivity index (χ3n) is 2.26. The van der Waals surface area contributed by atoms with Crippen LogP contribution in [0.5, 0.6) is 0 Å². The van der Waals surface area contributed by atoms with E-state index in [4.69, 9.17) is 5.73 Å². The number of halogens is 1. The van der Waals surface area contributed by atoms with Crippen molar-refractivity contribution in [2.45, 2.75) is 11.7 Å². The first-order chi connectivity index (χ1) is 8.54. The highest BCUT2D eigenvalue weighted by atomic mass is 79.9. The summed E-state index contributed by atoms with van der Waals surface area (Å²) >= 11 is 4.43. The molecule has 2 amide bonds. The number of aliphatic imine (C=N–C) groups is 1. The Morgan fingerprint density at radius 2 is 2.11 bits per heavy atom. The number of nitrogens with two attached hydrogens (primary N) is 1. The van der Waals surface area contributed by atoms with Crippen LogP contribution in [0.2, 0.25) is 0 Å². The normalized spacial score (nSPS) is 18.6. The van der Waals surface area contributed by atoms with Gasteiger partial charge in [-0.2, -0.15) is 4.99 Å². The van der Waals surface area contributed by atoms with E-state index in [-0.39, 0.29) is 23.4 Å². The Balaban J connectivity index is 1.90. The molecule has 0 saturated carbocycles. The van der Waals surface area contributed by atoms with Gasteiger partial charge in [0.15, 0.2) is 5.17 Å². The first kappa shape index (κ1) is 13.1. The molecule has 1 aromatic rings. The highest BCUT2D eigenvalue weighted by Crippen LogP contribution is 2.23. The summed E-state index contributed by atoms with van der Waals surface area (Å²) in [5, 5.41) is 2.44. The lowest BCUT2D eigenvalue weighted by molar-refractivity contribution is -0.121. The maximum absolute atomic E-state index is 11.7. The smallest absolute Gasteiger partial charge is 0.262 e. The second-order valence-electron chi connectivity index (χ2n) is 3.65. The fourth-order valence-electron chi connectivity index (χ4n) is 1.45. The predicted octanol–water partition coefficient (Wildman–Crippen LogP) is 1.73. The zero-order valence-corrected chi connectivity index (χ0v) is 11.6. The van der Waals surface area contributed by atoms with Crippen LogP contribution in [0.4, 0.5) is 5.69 Å². The lowest BCUT2D eigenvalue weighted by atomic mass is 10.2. The fraction of sp³-hybridized carbons (Fsp3) is 0.182. The van der Waals surface area contributed by atoms with Crippen molar-refractivity contribution in [1.29, 1.82) is 0 Å². The van der Waals surface area contributed by atoms with Crippen LogP contribution in [0.25, 0.3) is 0 Å². The zero-order chi connectivity index (χ0) is 13.1. The number of carbonyl (C=O) groups excluding carboxylic acids is 2. The van der Waals surface area contributed by atoms with Crippen LogP contribution in [0.1, 0.15) is 6.42 Å². The van der Waals surface area contributed by atoms with E-state index in [1.807, 2.05) is 12.1 Å². The molecule has 18 heavy (non-hydrogen) atoms. The molecular formula is C11H10BrN3O2S. The van der Waals surface area contributed by atoms with Gasteiger partial charge < -0.3 is 11.1 Å². The third-order valence-corrected chi connectivity index (χ3v) is 3.77. The molecule has 1 aromatic carbocycles. The Hall–Kier alpha value is -1.34. The SMILES string of the molecule is NC1=NC(=O)[C@H](CC(=O)Nc2ccc(Br)cc2)S1. The van der Waals surface area contributed by atoms with E-state index < -0.39 is 5.25 Å². The summed E-state index contributed by atoms with van der Waals surface area (Å²) in [6.07, 6.45) is 0.0732. The first-order valence-corrected chi connectivity index (χ1v) is 6.82. The molecule has 0 unspecified atom stereocenters. The second kappa shape index (κ2) is 5.53. The predicted molar refractivity (Wildman–Crippen MR) is 75.4 cm³/mol. The van der Waals surface area contributed by atoms with E-state index >= 15 is 0 Å². The molecule has 2 rings (SSSR count). The quantitative estimate of drug-likeness (QED) is 0.885. The Labute approximate surface area is 116 Å². The van der Waals surface area contributed by atoms with Gasteiger partial charge in [0.2, 0.25) is 5.91 Å². The number of anilines is 1. The number of hydrogen-bond acceptors (Lipinski definition) is 4. The van der Waals surface area contributed by atoms with Crippen molar-refractivity contribution in [3.8, 4) is 0 Å². The number of carbonyl (C=O) groups is 2. The van der Waals surface area contributed by atoms with Crippen molar-refractivity contribution in [3.05, 3.63) is 28.7 Å². The molecular weight excluding hydrogens is 318 g/mol. The summed E-state index contributed by atoms with van der Waals surface area (Å²) in [5.74, 6) is -0.573. The first-order valence-electron chi connectivity index (χ1n) is 5.14. The van der Waals surface area contributed by atoms with Gasteiger partial charge in [-0.05, 0) is 24.3 Å². The Morgan fingerprint density at radius 3 is 2.67 bits per heavy atom. The standard InChI is InChI=1S/C11H10BrN3O2S/c12-6-1-3-7(4-2-6)14-9(16)5-8-10(17)15-11(13)18-8/h1-4,8H,5H2,(H,14,16)(H2,13,15,17)/t8-/m0/s1. The largest absolute Gasteiger partial charge is 0.378 e. The summed E-state index contributed by atoms with van der Waals surface area (Å²) in [5.41, 5.74) is 6.10. The lowest BCUT2D eigenvalue weighted by Gasteiger charge is -2.07. The zero-order valence-electron chi connectivity index (χ0n) is 9.22. The lowest BCUT2D eigenvalue weighted by Crippen LogP contribution is -2.21. The van der Waals surface area contributed by atoms with Crippen LogP contribution >= 0.6 is 27.7 Å². The van der Waals surface area contributed by atoms with Gasteiger partial charge >= 0.3 is 0 Å². The minimum Gasteiger partial charge on any atom is -0.378 e. The molecule has 0 bridgehead atoms. The molecule has 0 spiro atoms. The maximum atomic E-state index is 11.7. The minimum atomic E-state index is -0.500. The van der Waals surface area contributed by atoms with Gasteiger partial charge in [0.05, 0.1) is 0 Å². The number of amidine groups is 1. The van der Waals surface area contributed by atoms with Gasteiger partial charge in [-0.1, -0.05) is 27.7 Å². The molecule has 0 saturated heterocycles. The molecule has 5 nitrogen and oxygen atoms in total. The van der Waals surface area contributed by atoms with Crippen LogP contribution in [-0.4, -0.2) is 22.2 Å². The van der Waals surface area contributed by atoms with Gasteiger partial charge in [-0.3, -0.25) is 9.59 Å². The van der Waals surface area contributed by atoms with Crippen molar-refractivity contribution in [2.24, 2.45) is 10.7 Å². The summed E-state index contributed by atoms with van der Waals surface area (Å²) in [6.45, 7) is 0. The fourth-order valence-corrected chi connectivity index (χ4v) is 2.53. The summed E-state index contributed by atoms with van der Waals surface area (Å²) in [7, 11) is 0. The number of amides is 2. The molecule has 0 aliphatic carbocycles. The van der Waals surface area contributed by atoms with Crippen molar-refractivity contribution < 1.29 is 9.59 Å². The van der Waals surface area contributed by atoms with Crippen molar-refractivity contribution in [2.75, 3.05) is 5.32 Å². The van der Waals surface area contributed by atoms with E-state index in [0.29, 0.717) is 5.69 Å². The van der Waals surface area contributed by atoms with Crippen LogP contribution in [0.15, 0.2) is 33.7 Å². The molecule has 3 N–H and O–H groups in total. The summed E-state index contributed by atoms with van der Waals surface area (Å²) in [6, 6.07) is 7.20. The number of rotatable bonds is 3. The van der Waals surface area contributed by atoms with E-state index in [0.717, 1.165) is 16.2 Å². The van der Waals surface area contributed by atoms with Crippen molar-refractivity contribution >= 4 is 50.4 Å². The molecule has 0 aromatic heterocycles. The molecule has 94 valence electrons. The van der Waals surface area contributed by atoms with Crippen LogP contribution in [-0.2, 0) is 9.59 Å². The molecule has 1 aliphatic rings. The molecule has 0 fully saturated rings. The third kappa shape index (κ3) is 3.33. The minimum absolute atomic E-state index is 0.0732. The molecule has 1 aliphatic heterocycles. The van der Waals surface area contributed by atoms with E-state index in [9.17, 15) is 9.59 Å². The van der Waals surface area contributed by atoms with Crippen LogP contribution < -0.4 is 11.1 Å². The highest BCUT2D eigenvalue weighted by Gasteiger charge is 2.29. The Morgan fingerprint density at radius 1 is 1.44 bits per heavy atom. The number of nitrogens with one attached hydrogen (secondary N) is 1. The highest BCUT2D eigenvalue weighted by molar-refractivity contribution is 9.10. The monoisotopic (exact) mass is 327 g/mol. The summed E-state index contributed by atoms with van der Waals surface area (Å²) < 4.78 is 0.934. The van der Waals surface area contributed by atoms with E-state index in [2.05, 4.69) is 26.2 Å².